The minimum atomic E-state index is -1.66. The molecule has 0 unspecified atom stereocenters. The van der Waals surface area contributed by atoms with Gasteiger partial charge in [0.15, 0.2) is 0 Å². The maximum absolute atomic E-state index is 6.35. The molecular formula is C40H23B3N2O. The molecule has 208 valence electrons. The zero-order valence-corrected chi connectivity index (χ0v) is 24.8. The number of fused-ring (bicyclic) bond motifs is 6. The molecule has 0 saturated carbocycles. The van der Waals surface area contributed by atoms with Crippen LogP contribution in [0.5, 0.6) is 0 Å². The van der Waals surface area contributed by atoms with Gasteiger partial charge in [0.25, 0.3) is 0 Å². The molecule has 6 heteroatoms. The maximum Gasteiger partial charge on any atom is 0.136 e. The zero-order valence-electron chi connectivity index (χ0n) is 24.8. The quantitative estimate of drug-likeness (QED) is 0.154. The van der Waals surface area contributed by atoms with Gasteiger partial charge in [-0.2, -0.15) is 0 Å². The van der Waals surface area contributed by atoms with E-state index in [1.165, 1.54) is 5.56 Å². The van der Waals surface area contributed by atoms with Gasteiger partial charge in [0.2, 0.25) is 0 Å². The van der Waals surface area contributed by atoms with E-state index >= 15 is 0 Å². The molecule has 0 fully saturated rings. The Kier molecular flexibility index (Phi) is 5.85. The Bertz CT molecular complexity index is 2590. The third-order valence-corrected chi connectivity index (χ3v) is 8.97. The number of aromatic nitrogens is 2. The van der Waals surface area contributed by atoms with Crippen LogP contribution >= 0.6 is 0 Å². The van der Waals surface area contributed by atoms with Crippen molar-refractivity contribution in [2.45, 2.75) is 5.11 Å². The summed E-state index contributed by atoms with van der Waals surface area (Å²) in [5.74, 6) is 0.380. The minimum Gasteiger partial charge on any atom is -0.456 e. The first-order chi connectivity index (χ1) is 22.5. The Balaban J connectivity index is 1.43. The normalized spacial score (nSPS) is 12.2. The third-order valence-electron chi connectivity index (χ3n) is 8.97. The summed E-state index contributed by atoms with van der Waals surface area (Å²) in [6, 6.07) is 48.1. The van der Waals surface area contributed by atoms with Crippen LogP contribution in [0.1, 0.15) is 5.82 Å². The summed E-state index contributed by atoms with van der Waals surface area (Å²) >= 11 is 0. The third kappa shape index (κ3) is 3.93. The first-order valence-corrected chi connectivity index (χ1v) is 15.3. The van der Waals surface area contributed by atoms with Crippen molar-refractivity contribution in [1.29, 1.82) is 0 Å². The molecule has 9 aromatic rings. The summed E-state index contributed by atoms with van der Waals surface area (Å²) in [4.78, 5) is 4.80. The molecule has 3 nitrogen and oxygen atoms in total. The highest BCUT2D eigenvalue weighted by Gasteiger charge is 2.26. The molecular weight excluding hydrogens is 557 g/mol. The summed E-state index contributed by atoms with van der Waals surface area (Å²) in [5, 5.41) is 5.09. The number of furan rings is 1. The number of hydrogen-bond donors (Lipinski definition) is 0. The van der Waals surface area contributed by atoms with Gasteiger partial charge >= 0.3 is 0 Å². The van der Waals surface area contributed by atoms with Gasteiger partial charge in [-0.05, 0) is 68.6 Å². The second kappa shape index (κ2) is 10.0. The zero-order chi connectivity index (χ0) is 31.0. The van der Waals surface area contributed by atoms with Crippen LogP contribution in [0, 0.1) is 0 Å². The Morgan fingerprint density at radius 3 is 1.72 bits per heavy atom. The lowest BCUT2D eigenvalue weighted by atomic mass is 9.42. The fourth-order valence-electron chi connectivity index (χ4n) is 7.13. The van der Waals surface area contributed by atoms with Crippen molar-refractivity contribution < 1.29 is 4.42 Å². The van der Waals surface area contributed by atoms with Crippen molar-refractivity contribution in [2.75, 3.05) is 0 Å². The molecule has 46 heavy (non-hydrogen) atoms. The van der Waals surface area contributed by atoms with Gasteiger partial charge in [0.1, 0.15) is 11.2 Å². The first kappa shape index (κ1) is 26.9. The molecule has 6 radical (unpaired) electrons. The van der Waals surface area contributed by atoms with Crippen LogP contribution in [0.3, 0.4) is 0 Å². The monoisotopic (exact) mass is 580 g/mol. The van der Waals surface area contributed by atoms with Crippen LogP contribution in [0.2, 0.25) is 0 Å². The molecule has 0 N–H and O–H groups in total. The van der Waals surface area contributed by atoms with Gasteiger partial charge in [0.05, 0.1) is 46.1 Å². The van der Waals surface area contributed by atoms with Gasteiger partial charge in [0, 0.05) is 16.3 Å². The number of nitrogens with zero attached hydrogens (tertiary/aromatic N) is 2. The molecule has 0 saturated heterocycles. The first-order valence-electron chi connectivity index (χ1n) is 15.3. The molecule has 9 rings (SSSR count). The Morgan fingerprint density at radius 1 is 0.500 bits per heavy atom. The molecule has 0 aliphatic heterocycles. The highest BCUT2D eigenvalue weighted by atomic mass is 16.3. The van der Waals surface area contributed by atoms with Gasteiger partial charge < -0.3 is 4.42 Å². The second-order valence-corrected chi connectivity index (χ2v) is 11.8. The Labute approximate surface area is 269 Å². The number of para-hydroxylation sites is 4. The van der Waals surface area contributed by atoms with E-state index in [4.69, 9.17) is 32.9 Å². The topological polar surface area (TPSA) is 31.0 Å². The van der Waals surface area contributed by atoms with E-state index in [2.05, 4.69) is 91.0 Å². The molecule has 0 aliphatic rings. The van der Waals surface area contributed by atoms with Crippen molar-refractivity contribution >= 4 is 78.1 Å². The SMILES string of the molecule is [B]C([B])([B])c1nc2ccccc2n1-c1ccccc1-c1c2ccccc2c(-c2cccc3oc4ccccc4c23)c2ccccc12. The van der Waals surface area contributed by atoms with Gasteiger partial charge in [-0.15, -0.1) is 0 Å². The number of benzene rings is 7. The average molecular weight is 580 g/mol. The van der Waals surface area contributed by atoms with Crippen LogP contribution in [0.4, 0.5) is 0 Å². The Morgan fingerprint density at radius 2 is 1.02 bits per heavy atom. The molecule has 7 aromatic carbocycles. The largest absolute Gasteiger partial charge is 0.456 e. The van der Waals surface area contributed by atoms with E-state index in [0.29, 0.717) is 5.82 Å². The van der Waals surface area contributed by atoms with E-state index < -0.39 is 5.11 Å². The summed E-state index contributed by atoms with van der Waals surface area (Å²) in [6.07, 6.45) is 0. The van der Waals surface area contributed by atoms with Crippen molar-refractivity contribution in [1.82, 2.24) is 9.55 Å². The second-order valence-electron chi connectivity index (χ2n) is 11.8. The highest BCUT2D eigenvalue weighted by molar-refractivity contribution is 6.58. The van der Waals surface area contributed by atoms with Crippen LogP contribution < -0.4 is 0 Å². The molecule has 2 aromatic heterocycles. The smallest absolute Gasteiger partial charge is 0.136 e. The van der Waals surface area contributed by atoms with E-state index in [1.807, 2.05) is 53.1 Å². The lowest BCUT2D eigenvalue weighted by Crippen LogP contribution is -2.31. The fraction of sp³-hybridized carbons (Fsp3) is 0.0250. The molecule has 0 spiro atoms. The molecule has 0 aliphatic carbocycles. The maximum atomic E-state index is 6.35. The van der Waals surface area contributed by atoms with Gasteiger partial charge in [-0.1, -0.05) is 114 Å². The highest BCUT2D eigenvalue weighted by Crippen LogP contribution is 2.48. The van der Waals surface area contributed by atoms with E-state index in [-0.39, 0.29) is 0 Å². The molecule has 2 heterocycles. The molecule has 0 atom stereocenters. The Hall–Kier alpha value is -5.48. The predicted molar refractivity (Wildman–Crippen MR) is 193 cm³/mol. The predicted octanol–water partition coefficient (Wildman–Crippen LogP) is 9.18. The molecule has 0 amide bonds. The van der Waals surface area contributed by atoms with Crippen LogP contribution in [0.25, 0.3) is 82.5 Å². The van der Waals surface area contributed by atoms with Gasteiger partial charge in [-0.3, -0.25) is 4.57 Å². The summed E-state index contributed by atoms with van der Waals surface area (Å²) in [5.41, 5.74) is 8.71. The molecule has 0 bridgehead atoms. The standard InChI is InChI=1S/C40H23B3N2O/c41-40(42,43)39-44-31-19-7-9-21-33(31)45(39)32-20-8-5-16-28(32)36-24-12-1-3-14-26(24)37(27-15-4-2-13-25(27)36)30-18-11-23-35-38(30)29-17-6-10-22-34(29)46-35/h1-23H. The lowest BCUT2D eigenvalue weighted by Gasteiger charge is -2.24. The van der Waals surface area contributed by atoms with Crippen LogP contribution in [-0.2, 0) is 5.11 Å². The van der Waals surface area contributed by atoms with E-state index in [9.17, 15) is 0 Å². The van der Waals surface area contributed by atoms with Crippen molar-refractivity contribution in [2.24, 2.45) is 0 Å². The van der Waals surface area contributed by atoms with Crippen LogP contribution in [-0.4, -0.2) is 33.1 Å². The summed E-state index contributed by atoms with van der Waals surface area (Å²) in [7, 11) is 19.1. The number of imidazole rings is 1. The number of hydrogen-bond acceptors (Lipinski definition) is 2. The summed E-state index contributed by atoms with van der Waals surface area (Å²) in [6.45, 7) is 0. The van der Waals surface area contributed by atoms with Crippen LogP contribution in [0.15, 0.2) is 144 Å². The fourth-order valence-corrected chi connectivity index (χ4v) is 7.13. The van der Waals surface area contributed by atoms with Gasteiger partial charge in [-0.25, -0.2) is 4.98 Å². The van der Waals surface area contributed by atoms with E-state index in [0.717, 1.165) is 76.9 Å². The van der Waals surface area contributed by atoms with E-state index in [1.54, 1.807) is 0 Å². The lowest BCUT2D eigenvalue weighted by molar-refractivity contribution is 0.669. The average Bonchev–Trinajstić information content (AvgIpc) is 3.67. The van der Waals surface area contributed by atoms with Crippen molar-refractivity contribution in [3.05, 3.63) is 145 Å². The van der Waals surface area contributed by atoms with Crippen molar-refractivity contribution in [3.8, 4) is 27.9 Å². The summed E-state index contributed by atoms with van der Waals surface area (Å²) < 4.78 is 8.32. The van der Waals surface area contributed by atoms with Crippen molar-refractivity contribution in [3.63, 3.8) is 0 Å². The minimum absolute atomic E-state index is 0.380. The number of rotatable bonds is 4.